The predicted octanol–water partition coefficient (Wildman–Crippen LogP) is 4.50. The third-order valence-corrected chi connectivity index (χ3v) is 4.26. The molecule has 2 aromatic carbocycles. The number of hydrogen-bond acceptors (Lipinski definition) is 2. The highest BCUT2D eigenvalue weighted by Crippen LogP contribution is 2.23. The molecule has 3 rings (SSSR count). The highest BCUT2D eigenvalue weighted by molar-refractivity contribution is 9.10. The number of benzene rings is 2. The maximum atomic E-state index is 13.5. The maximum absolute atomic E-state index is 13.5. The molecule has 0 fully saturated rings. The number of hydrogen-bond donors (Lipinski definition) is 1. The molecule has 1 unspecified atom stereocenters. The van der Waals surface area contributed by atoms with E-state index in [1.165, 1.54) is 18.2 Å². The average Bonchev–Trinajstić information content (AvgIpc) is 2.63. The molecule has 0 aliphatic carbocycles. The van der Waals surface area contributed by atoms with Gasteiger partial charge >= 0.3 is 0 Å². The summed E-state index contributed by atoms with van der Waals surface area (Å²) in [7, 11) is 0. The SMILES string of the molecule is O=C(NC(c1ccccc1)c1ccccn1)c1cc(F)ccc1Br. The van der Waals surface area contributed by atoms with Crippen LogP contribution in [0, 0.1) is 5.82 Å². The third-order valence-electron chi connectivity index (χ3n) is 3.56. The number of carbonyl (C=O) groups excluding carboxylic acids is 1. The van der Waals surface area contributed by atoms with Crippen LogP contribution >= 0.6 is 15.9 Å². The topological polar surface area (TPSA) is 42.0 Å². The first-order valence-corrected chi connectivity index (χ1v) is 8.16. The van der Waals surface area contributed by atoms with Gasteiger partial charge in [-0.05, 0) is 51.8 Å². The Labute approximate surface area is 147 Å². The summed E-state index contributed by atoms with van der Waals surface area (Å²) in [5.74, 6) is -0.835. The van der Waals surface area contributed by atoms with Gasteiger partial charge in [-0.3, -0.25) is 9.78 Å². The summed E-state index contributed by atoms with van der Waals surface area (Å²) >= 11 is 3.29. The van der Waals surface area contributed by atoms with Crippen LogP contribution < -0.4 is 5.32 Å². The number of rotatable bonds is 4. The molecule has 1 heterocycles. The molecule has 3 aromatic rings. The molecular weight excluding hydrogens is 371 g/mol. The zero-order chi connectivity index (χ0) is 16.9. The van der Waals surface area contributed by atoms with Crippen molar-refractivity contribution in [3.05, 3.63) is 100 Å². The fourth-order valence-corrected chi connectivity index (χ4v) is 2.83. The number of halogens is 2. The van der Waals surface area contributed by atoms with Crippen LogP contribution in [0.4, 0.5) is 4.39 Å². The van der Waals surface area contributed by atoms with Crippen molar-refractivity contribution in [1.29, 1.82) is 0 Å². The quantitative estimate of drug-likeness (QED) is 0.719. The van der Waals surface area contributed by atoms with Crippen molar-refractivity contribution in [2.24, 2.45) is 0 Å². The van der Waals surface area contributed by atoms with Gasteiger partial charge in [0.15, 0.2) is 0 Å². The van der Waals surface area contributed by atoms with Gasteiger partial charge in [-0.2, -0.15) is 0 Å². The van der Waals surface area contributed by atoms with E-state index < -0.39 is 11.9 Å². The van der Waals surface area contributed by atoms with Gasteiger partial charge in [0, 0.05) is 10.7 Å². The number of pyridine rings is 1. The fraction of sp³-hybridized carbons (Fsp3) is 0.0526. The summed E-state index contributed by atoms with van der Waals surface area (Å²) in [5.41, 5.74) is 1.86. The van der Waals surface area contributed by atoms with Crippen LogP contribution in [0.2, 0.25) is 0 Å². The zero-order valence-electron chi connectivity index (χ0n) is 12.6. The van der Waals surface area contributed by atoms with E-state index in [4.69, 9.17) is 0 Å². The Hall–Kier alpha value is -2.53. The lowest BCUT2D eigenvalue weighted by Crippen LogP contribution is -2.30. The number of nitrogens with zero attached hydrogens (tertiary/aromatic N) is 1. The molecule has 120 valence electrons. The highest BCUT2D eigenvalue weighted by Gasteiger charge is 2.20. The van der Waals surface area contributed by atoms with Crippen molar-refractivity contribution in [3.63, 3.8) is 0 Å². The number of aromatic nitrogens is 1. The van der Waals surface area contributed by atoms with E-state index in [2.05, 4.69) is 26.2 Å². The van der Waals surface area contributed by atoms with Gasteiger partial charge in [-0.25, -0.2) is 4.39 Å². The van der Waals surface area contributed by atoms with Crippen LogP contribution in [0.15, 0.2) is 77.4 Å². The third kappa shape index (κ3) is 3.68. The largest absolute Gasteiger partial charge is 0.340 e. The lowest BCUT2D eigenvalue weighted by Gasteiger charge is -2.19. The lowest BCUT2D eigenvalue weighted by atomic mass is 10.0. The zero-order valence-corrected chi connectivity index (χ0v) is 14.2. The monoisotopic (exact) mass is 384 g/mol. The smallest absolute Gasteiger partial charge is 0.253 e. The van der Waals surface area contributed by atoms with Crippen LogP contribution in [-0.2, 0) is 0 Å². The molecule has 0 saturated carbocycles. The van der Waals surface area contributed by atoms with Crippen LogP contribution in [0.5, 0.6) is 0 Å². The fourth-order valence-electron chi connectivity index (χ4n) is 2.40. The van der Waals surface area contributed by atoms with E-state index in [-0.39, 0.29) is 11.5 Å². The van der Waals surface area contributed by atoms with E-state index in [1.54, 1.807) is 6.20 Å². The molecule has 0 bridgehead atoms. The summed E-state index contributed by atoms with van der Waals surface area (Å²) in [4.78, 5) is 17.0. The summed E-state index contributed by atoms with van der Waals surface area (Å²) in [6, 6.07) is 18.7. The van der Waals surface area contributed by atoms with E-state index >= 15 is 0 Å². The van der Waals surface area contributed by atoms with E-state index in [0.29, 0.717) is 10.2 Å². The van der Waals surface area contributed by atoms with Gasteiger partial charge < -0.3 is 5.32 Å². The van der Waals surface area contributed by atoms with Gasteiger partial charge in [-0.1, -0.05) is 36.4 Å². The van der Waals surface area contributed by atoms with Crippen molar-refractivity contribution >= 4 is 21.8 Å². The molecular formula is C19H14BrFN2O. The Morgan fingerprint density at radius 3 is 2.50 bits per heavy atom. The number of nitrogens with one attached hydrogen (secondary N) is 1. The van der Waals surface area contributed by atoms with E-state index in [1.807, 2.05) is 48.5 Å². The number of amides is 1. The van der Waals surface area contributed by atoms with Crippen LogP contribution in [0.1, 0.15) is 27.7 Å². The molecule has 0 saturated heterocycles. The van der Waals surface area contributed by atoms with Gasteiger partial charge in [0.05, 0.1) is 17.3 Å². The molecule has 3 nitrogen and oxygen atoms in total. The van der Waals surface area contributed by atoms with Gasteiger partial charge in [0.1, 0.15) is 5.82 Å². The Morgan fingerprint density at radius 2 is 1.79 bits per heavy atom. The minimum Gasteiger partial charge on any atom is -0.340 e. The van der Waals surface area contributed by atoms with Crippen LogP contribution in [-0.4, -0.2) is 10.9 Å². The summed E-state index contributed by atoms with van der Waals surface area (Å²) in [5, 5.41) is 2.94. The molecule has 0 radical (unpaired) electrons. The first-order chi connectivity index (χ1) is 11.6. The summed E-state index contributed by atoms with van der Waals surface area (Å²) in [6.45, 7) is 0. The van der Waals surface area contributed by atoms with Gasteiger partial charge in [0.2, 0.25) is 0 Å². The Morgan fingerprint density at radius 1 is 1.04 bits per heavy atom. The number of carbonyl (C=O) groups is 1. The molecule has 1 atom stereocenters. The Balaban J connectivity index is 1.95. The minimum absolute atomic E-state index is 0.242. The van der Waals surface area contributed by atoms with Crippen molar-refractivity contribution in [2.75, 3.05) is 0 Å². The summed E-state index contributed by atoms with van der Waals surface area (Å²) in [6.07, 6.45) is 1.68. The molecule has 24 heavy (non-hydrogen) atoms. The van der Waals surface area contributed by atoms with Crippen molar-refractivity contribution in [3.8, 4) is 0 Å². The lowest BCUT2D eigenvalue weighted by molar-refractivity contribution is 0.0941. The van der Waals surface area contributed by atoms with Crippen LogP contribution in [0.3, 0.4) is 0 Å². The molecule has 0 aliphatic rings. The molecule has 1 aromatic heterocycles. The predicted molar refractivity (Wildman–Crippen MR) is 94.1 cm³/mol. The van der Waals surface area contributed by atoms with Crippen LogP contribution in [0.25, 0.3) is 0 Å². The minimum atomic E-state index is -0.461. The first kappa shape index (κ1) is 16.3. The molecule has 0 spiro atoms. The van der Waals surface area contributed by atoms with E-state index in [9.17, 15) is 9.18 Å². The second-order valence-electron chi connectivity index (χ2n) is 5.20. The second kappa shape index (κ2) is 7.36. The van der Waals surface area contributed by atoms with E-state index in [0.717, 1.165) is 5.56 Å². The average molecular weight is 385 g/mol. The Kier molecular flexibility index (Phi) is 5.01. The molecule has 1 N–H and O–H groups in total. The summed E-state index contributed by atoms with van der Waals surface area (Å²) < 4.78 is 14.0. The second-order valence-corrected chi connectivity index (χ2v) is 6.05. The van der Waals surface area contributed by atoms with Crippen molar-refractivity contribution in [1.82, 2.24) is 10.3 Å². The first-order valence-electron chi connectivity index (χ1n) is 7.37. The molecule has 0 aliphatic heterocycles. The Bertz CT molecular complexity index is 801. The standard InChI is InChI=1S/C19H14BrFN2O/c20-16-10-9-14(21)12-15(16)19(24)23-18(13-6-2-1-3-7-13)17-8-4-5-11-22-17/h1-12,18H,(H,23,24). The molecule has 1 amide bonds. The van der Waals surface area contributed by atoms with Crippen molar-refractivity contribution < 1.29 is 9.18 Å². The molecule has 5 heteroatoms. The maximum Gasteiger partial charge on any atom is 0.253 e. The van der Waals surface area contributed by atoms with Crippen molar-refractivity contribution in [2.45, 2.75) is 6.04 Å². The normalized spacial score (nSPS) is 11.8. The van der Waals surface area contributed by atoms with Gasteiger partial charge in [0.25, 0.3) is 5.91 Å². The van der Waals surface area contributed by atoms with Gasteiger partial charge in [-0.15, -0.1) is 0 Å². The highest BCUT2D eigenvalue weighted by atomic mass is 79.9.